The summed E-state index contributed by atoms with van der Waals surface area (Å²) in [5, 5.41) is 10.5. The van der Waals surface area contributed by atoms with Gasteiger partial charge in [-0.1, -0.05) is 305 Å². The van der Waals surface area contributed by atoms with Crippen molar-refractivity contribution in [3.8, 4) is 0 Å². The van der Waals surface area contributed by atoms with Crippen LogP contribution < -0.4 is 0 Å². The molecule has 7 atom stereocenters. The van der Waals surface area contributed by atoms with Gasteiger partial charge in [0.2, 0.25) is 0 Å². The first-order chi connectivity index (χ1) is 43.3. The van der Waals surface area contributed by atoms with E-state index in [4.69, 9.17) is 37.0 Å². The molecule has 0 radical (unpaired) electrons. The van der Waals surface area contributed by atoms with Gasteiger partial charge in [-0.2, -0.15) is 0 Å². The van der Waals surface area contributed by atoms with Crippen LogP contribution in [0.4, 0.5) is 0 Å². The molecule has 0 fully saturated rings. The molecule has 0 aliphatic heterocycles. The Bertz CT molecular complexity index is 1770. The van der Waals surface area contributed by atoms with Crippen LogP contribution in [0, 0.1) is 17.8 Å². The summed E-state index contributed by atoms with van der Waals surface area (Å²) < 4.78 is 68.0. The number of phosphoric acid groups is 2. The first-order valence-electron chi connectivity index (χ1n) is 36.9. The van der Waals surface area contributed by atoms with Crippen LogP contribution in [0.3, 0.4) is 0 Å². The number of aliphatic hydroxyl groups is 1. The number of esters is 4. The van der Waals surface area contributed by atoms with Crippen molar-refractivity contribution in [2.75, 3.05) is 39.6 Å². The lowest BCUT2D eigenvalue weighted by Gasteiger charge is -2.21. The average molecular weight is 1330 g/mol. The van der Waals surface area contributed by atoms with E-state index in [1.807, 2.05) is 0 Å². The normalized spacial score (nSPS) is 14.8. The Kier molecular flexibility index (Phi) is 60.6. The van der Waals surface area contributed by atoms with E-state index in [-0.39, 0.29) is 25.7 Å². The van der Waals surface area contributed by atoms with Crippen molar-refractivity contribution in [3.05, 3.63) is 0 Å². The largest absolute Gasteiger partial charge is 0.472 e. The molecule has 90 heavy (non-hydrogen) atoms. The van der Waals surface area contributed by atoms with E-state index in [1.54, 1.807) is 0 Å². The van der Waals surface area contributed by atoms with Gasteiger partial charge in [0.25, 0.3) is 0 Å². The number of hydrogen-bond acceptors (Lipinski definition) is 15. The molecule has 3 N–H and O–H groups in total. The van der Waals surface area contributed by atoms with Crippen molar-refractivity contribution in [2.45, 2.75) is 375 Å². The average Bonchev–Trinajstić information content (AvgIpc) is 3.56. The summed E-state index contributed by atoms with van der Waals surface area (Å²) in [7, 11) is -9.89. The van der Waals surface area contributed by atoms with Crippen LogP contribution >= 0.6 is 15.6 Å². The number of carbonyl (C=O) groups excluding carboxylic acids is 4. The smallest absolute Gasteiger partial charge is 0.462 e. The van der Waals surface area contributed by atoms with Gasteiger partial charge in [-0.15, -0.1) is 0 Å². The fourth-order valence-corrected chi connectivity index (χ4v) is 12.2. The van der Waals surface area contributed by atoms with Crippen molar-refractivity contribution in [2.24, 2.45) is 17.8 Å². The molecule has 0 aromatic heterocycles. The Hall–Kier alpha value is -1.94. The van der Waals surface area contributed by atoms with E-state index in [1.165, 1.54) is 161 Å². The fourth-order valence-electron chi connectivity index (χ4n) is 10.7. The monoisotopic (exact) mass is 1320 g/mol. The van der Waals surface area contributed by atoms with E-state index < -0.39 is 97.5 Å². The molecule has 0 rings (SSSR count). The highest BCUT2D eigenvalue weighted by Crippen LogP contribution is 2.45. The van der Waals surface area contributed by atoms with Gasteiger partial charge in [0.1, 0.15) is 19.3 Å². The summed E-state index contributed by atoms with van der Waals surface area (Å²) in [5.74, 6) is 0.209. The number of phosphoric ester groups is 2. The maximum absolute atomic E-state index is 13.0. The SMILES string of the molecule is CCCCCCCC(=O)OC[C@H](COP(=O)(O)OC[C@H](O)COP(=O)(O)OC[C@@H](COC(=O)CCCCCCCCCCCCC(C)CC)OC(=O)CCCCCCCCCCCCCCCCCCCCC(C)CC)OC(=O)CCCCCCCCC(C)C. The van der Waals surface area contributed by atoms with E-state index in [0.717, 1.165) is 108 Å². The van der Waals surface area contributed by atoms with Gasteiger partial charge in [-0.25, -0.2) is 9.13 Å². The number of aliphatic hydroxyl groups excluding tert-OH is 1. The molecule has 0 aromatic carbocycles. The van der Waals surface area contributed by atoms with Gasteiger partial charge in [-0.3, -0.25) is 37.3 Å². The molecule has 4 unspecified atom stereocenters. The quantitative estimate of drug-likeness (QED) is 0.0222. The van der Waals surface area contributed by atoms with Crippen LogP contribution in [0.1, 0.15) is 357 Å². The molecule has 0 aliphatic rings. The molecule has 0 spiro atoms. The predicted octanol–water partition coefficient (Wildman–Crippen LogP) is 20.2. The van der Waals surface area contributed by atoms with Crippen molar-refractivity contribution in [3.63, 3.8) is 0 Å². The van der Waals surface area contributed by atoms with Gasteiger partial charge in [-0.05, 0) is 43.4 Å². The van der Waals surface area contributed by atoms with Gasteiger partial charge in [0, 0.05) is 25.7 Å². The topological polar surface area (TPSA) is 237 Å². The molecule has 0 saturated carbocycles. The molecule has 0 aromatic rings. The first-order valence-corrected chi connectivity index (χ1v) is 39.9. The second kappa shape index (κ2) is 61.9. The van der Waals surface area contributed by atoms with Crippen molar-refractivity contribution in [1.29, 1.82) is 0 Å². The van der Waals surface area contributed by atoms with Crippen molar-refractivity contribution >= 4 is 39.5 Å². The van der Waals surface area contributed by atoms with Gasteiger partial charge >= 0.3 is 39.5 Å². The third-order valence-corrected chi connectivity index (χ3v) is 19.0. The Balaban J connectivity index is 5.10. The van der Waals surface area contributed by atoms with Crippen LogP contribution in [0.25, 0.3) is 0 Å². The molecule has 0 aliphatic carbocycles. The standard InChI is InChI=1S/C71H138O17P2/c1-8-11-12-35-45-52-68(73)81-58-66(88-71(76)55-48-41-34-33-36-42-49-62(4)5)60-85-89(77,78)83-56-65(72)57-84-90(79,80)86-61-67(59-82-69(74)53-46-39-31-27-24-23-26-30-38-44-51-64(7)10-3)87-70(75)54-47-40-32-28-22-20-18-16-14-13-15-17-19-21-25-29-37-43-50-63(6)9-2/h62-67,72H,8-61H2,1-7H3,(H,77,78)(H,79,80)/t63?,64?,65-,66+,67+/m0/s1. The van der Waals surface area contributed by atoms with Crippen LogP contribution in [-0.2, 0) is 65.4 Å². The number of carbonyl (C=O) groups is 4. The Morgan fingerprint density at radius 2 is 0.567 bits per heavy atom. The fraction of sp³-hybridized carbons (Fsp3) is 0.944. The van der Waals surface area contributed by atoms with Gasteiger partial charge < -0.3 is 33.8 Å². The lowest BCUT2D eigenvalue weighted by molar-refractivity contribution is -0.161. The first kappa shape index (κ1) is 88.1. The second-order valence-corrected chi connectivity index (χ2v) is 29.5. The highest BCUT2D eigenvalue weighted by molar-refractivity contribution is 7.47. The summed E-state index contributed by atoms with van der Waals surface area (Å²) in [6.45, 7) is 11.8. The molecule has 0 heterocycles. The highest BCUT2D eigenvalue weighted by atomic mass is 31.2. The minimum Gasteiger partial charge on any atom is -0.462 e. The molecule has 534 valence electrons. The van der Waals surface area contributed by atoms with Crippen molar-refractivity contribution < 1.29 is 80.2 Å². The molecule has 19 heteroatoms. The Morgan fingerprint density at radius 3 is 0.844 bits per heavy atom. The third-order valence-electron chi connectivity index (χ3n) is 17.1. The lowest BCUT2D eigenvalue weighted by Crippen LogP contribution is -2.30. The maximum atomic E-state index is 13.0. The zero-order valence-electron chi connectivity index (χ0n) is 58.6. The van der Waals surface area contributed by atoms with E-state index in [2.05, 4.69) is 48.5 Å². The van der Waals surface area contributed by atoms with E-state index in [9.17, 15) is 43.2 Å². The number of hydrogen-bond donors (Lipinski definition) is 3. The maximum Gasteiger partial charge on any atom is 0.472 e. The third kappa shape index (κ3) is 62.2. The number of ether oxygens (including phenoxy) is 4. The summed E-state index contributed by atoms with van der Waals surface area (Å²) in [6.07, 6.45) is 46.4. The van der Waals surface area contributed by atoms with Gasteiger partial charge in [0.15, 0.2) is 12.2 Å². The molecule has 0 bridgehead atoms. The zero-order chi connectivity index (χ0) is 66.6. The van der Waals surface area contributed by atoms with Crippen LogP contribution in [0.15, 0.2) is 0 Å². The van der Waals surface area contributed by atoms with E-state index >= 15 is 0 Å². The second-order valence-electron chi connectivity index (χ2n) is 26.6. The highest BCUT2D eigenvalue weighted by Gasteiger charge is 2.30. The Labute approximate surface area is 549 Å². The van der Waals surface area contributed by atoms with E-state index in [0.29, 0.717) is 31.6 Å². The summed E-state index contributed by atoms with van der Waals surface area (Å²) in [6, 6.07) is 0. The molecule has 17 nitrogen and oxygen atoms in total. The van der Waals surface area contributed by atoms with Crippen LogP contribution in [0.5, 0.6) is 0 Å². The molecule has 0 saturated heterocycles. The summed E-state index contributed by atoms with van der Waals surface area (Å²) in [4.78, 5) is 72.2. The van der Waals surface area contributed by atoms with Crippen LogP contribution in [0.2, 0.25) is 0 Å². The minimum atomic E-state index is -4.95. The van der Waals surface area contributed by atoms with Gasteiger partial charge in [0.05, 0.1) is 26.4 Å². The zero-order valence-corrected chi connectivity index (χ0v) is 60.4. The number of unbranched alkanes of at least 4 members (excludes halogenated alkanes) is 35. The Morgan fingerprint density at radius 1 is 0.322 bits per heavy atom. The van der Waals surface area contributed by atoms with Crippen LogP contribution in [-0.4, -0.2) is 96.7 Å². The predicted molar refractivity (Wildman–Crippen MR) is 363 cm³/mol. The lowest BCUT2D eigenvalue weighted by atomic mass is 9.99. The minimum absolute atomic E-state index is 0.101. The molecule has 0 amide bonds. The molecular formula is C71H138O17P2. The molecular weight excluding hydrogens is 1190 g/mol. The number of rotatable bonds is 69. The van der Waals surface area contributed by atoms with Crippen molar-refractivity contribution in [1.82, 2.24) is 0 Å². The summed E-state index contributed by atoms with van der Waals surface area (Å²) >= 11 is 0. The summed E-state index contributed by atoms with van der Waals surface area (Å²) in [5.41, 5.74) is 0.